The van der Waals surface area contributed by atoms with Crippen molar-refractivity contribution in [3.8, 4) is 0 Å². The van der Waals surface area contributed by atoms with Crippen molar-refractivity contribution < 1.29 is 5.11 Å². The Kier molecular flexibility index (Phi) is 3.75. The largest absolute Gasteiger partial charge is 0.381 e. The topological polar surface area (TPSA) is 20.2 Å². The van der Waals surface area contributed by atoms with Gasteiger partial charge in [0, 0.05) is 0 Å². The second-order valence-corrected chi connectivity index (χ2v) is 6.77. The fourth-order valence-electron chi connectivity index (χ4n) is 2.34. The molecule has 1 nitrogen and oxygen atoms in total. The molecule has 0 aliphatic carbocycles. The molecule has 1 heteroatoms. The van der Waals surface area contributed by atoms with Crippen LogP contribution in [0.3, 0.4) is 0 Å². The molecule has 106 valence electrons. The number of hydrogen-bond acceptors (Lipinski definition) is 1. The monoisotopic (exact) mass is 268 g/mol. The molecule has 2 aromatic rings. The molecule has 1 atom stereocenters. The fourth-order valence-corrected chi connectivity index (χ4v) is 2.34. The zero-order valence-corrected chi connectivity index (χ0v) is 13.1. The van der Waals surface area contributed by atoms with Gasteiger partial charge in [-0.25, -0.2) is 0 Å². The van der Waals surface area contributed by atoms with Crippen LogP contribution < -0.4 is 0 Å². The molecule has 0 saturated heterocycles. The van der Waals surface area contributed by atoms with Crippen molar-refractivity contribution in [3.05, 3.63) is 70.8 Å². The molecule has 0 fully saturated rings. The highest BCUT2D eigenvalue weighted by Gasteiger charge is 2.26. The van der Waals surface area contributed by atoms with E-state index in [9.17, 15) is 5.11 Å². The highest BCUT2D eigenvalue weighted by molar-refractivity contribution is 5.38. The predicted molar refractivity (Wildman–Crippen MR) is 85.0 cm³/mol. The van der Waals surface area contributed by atoms with Gasteiger partial charge in [0.15, 0.2) is 0 Å². The molecule has 0 heterocycles. The van der Waals surface area contributed by atoms with Gasteiger partial charge >= 0.3 is 0 Å². The maximum atomic E-state index is 10.8. The highest BCUT2D eigenvalue weighted by atomic mass is 16.3. The smallest absolute Gasteiger partial charge is 0.112 e. The third-order valence-corrected chi connectivity index (χ3v) is 3.93. The predicted octanol–water partition coefficient (Wildman–Crippen LogP) is 4.55. The maximum absolute atomic E-state index is 10.8. The number of aryl methyl sites for hydroxylation is 1. The number of benzene rings is 2. The Morgan fingerprint density at radius 1 is 0.650 bits per heavy atom. The Morgan fingerprint density at radius 3 is 1.40 bits per heavy atom. The molecular formula is C19H24O. The van der Waals surface area contributed by atoms with Crippen molar-refractivity contribution in [2.24, 2.45) is 0 Å². The number of rotatable bonds is 2. The first-order chi connectivity index (χ1) is 9.21. The SMILES string of the molecule is Cc1ccc(C(C)(O)c2ccc(C(C)(C)C)cc2)cc1. The molecule has 0 aliphatic heterocycles. The Labute approximate surface area is 122 Å². The Hall–Kier alpha value is -1.60. The lowest BCUT2D eigenvalue weighted by atomic mass is 9.83. The van der Waals surface area contributed by atoms with Gasteiger partial charge in [0.05, 0.1) is 0 Å². The van der Waals surface area contributed by atoms with Crippen molar-refractivity contribution in [3.63, 3.8) is 0 Å². The standard InChI is InChI=1S/C19H24O/c1-14-6-8-16(9-7-14)19(5,20)17-12-10-15(11-13-17)18(2,3)4/h6-13,20H,1-5H3. The summed E-state index contributed by atoms with van der Waals surface area (Å²) in [5.41, 5.74) is 3.51. The summed E-state index contributed by atoms with van der Waals surface area (Å²) < 4.78 is 0. The Balaban J connectivity index is 2.37. The van der Waals surface area contributed by atoms with Crippen LogP contribution in [0, 0.1) is 6.92 Å². The summed E-state index contributed by atoms with van der Waals surface area (Å²) in [5.74, 6) is 0. The second-order valence-electron chi connectivity index (χ2n) is 6.77. The Bertz CT molecular complexity index is 569. The van der Waals surface area contributed by atoms with Crippen molar-refractivity contribution in [2.45, 2.75) is 45.6 Å². The highest BCUT2D eigenvalue weighted by Crippen LogP contribution is 2.31. The zero-order chi connectivity index (χ0) is 15.0. The van der Waals surface area contributed by atoms with Gasteiger partial charge in [-0.3, -0.25) is 0 Å². The van der Waals surface area contributed by atoms with Crippen LogP contribution in [-0.4, -0.2) is 5.11 Å². The molecular weight excluding hydrogens is 244 g/mol. The number of aliphatic hydroxyl groups is 1. The first-order valence-electron chi connectivity index (χ1n) is 7.12. The van der Waals surface area contributed by atoms with Gasteiger partial charge in [-0.15, -0.1) is 0 Å². The van der Waals surface area contributed by atoms with Gasteiger partial charge in [-0.2, -0.15) is 0 Å². The molecule has 20 heavy (non-hydrogen) atoms. The first kappa shape index (κ1) is 14.8. The van der Waals surface area contributed by atoms with E-state index in [-0.39, 0.29) is 5.41 Å². The third-order valence-electron chi connectivity index (χ3n) is 3.93. The third kappa shape index (κ3) is 2.94. The molecule has 0 saturated carbocycles. The van der Waals surface area contributed by atoms with E-state index in [1.165, 1.54) is 11.1 Å². The molecule has 2 rings (SSSR count). The summed E-state index contributed by atoms with van der Waals surface area (Å²) in [6.07, 6.45) is 0. The lowest BCUT2D eigenvalue weighted by Gasteiger charge is -2.26. The lowest BCUT2D eigenvalue weighted by Crippen LogP contribution is -2.23. The van der Waals surface area contributed by atoms with Crippen molar-refractivity contribution in [2.75, 3.05) is 0 Å². The molecule has 0 spiro atoms. The van der Waals surface area contributed by atoms with Crippen LogP contribution in [0.5, 0.6) is 0 Å². The Morgan fingerprint density at radius 2 is 1.00 bits per heavy atom. The zero-order valence-electron chi connectivity index (χ0n) is 13.1. The van der Waals surface area contributed by atoms with E-state index in [4.69, 9.17) is 0 Å². The molecule has 1 unspecified atom stereocenters. The minimum Gasteiger partial charge on any atom is -0.381 e. The molecule has 0 bridgehead atoms. The van der Waals surface area contributed by atoms with Crippen molar-refractivity contribution in [1.82, 2.24) is 0 Å². The summed E-state index contributed by atoms with van der Waals surface area (Å²) in [6, 6.07) is 16.3. The van der Waals surface area contributed by atoms with Gasteiger partial charge < -0.3 is 5.11 Å². The van der Waals surface area contributed by atoms with E-state index in [2.05, 4.69) is 39.8 Å². The summed E-state index contributed by atoms with van der Waals surface area (Å²) in [4.78, 5) is 0. The van der Waals surface area contributed by atoms with Crippen LogP contribution >= 0.6 is 0 Å². The van der Waals surface area contributed by atoms with Crippen LogP contribution in [0.2, 0.25) is 0 Å². The van der Waals surface area contributed by atoms with Crippen LogP contribution in [0.4, 0.5) is 0 Å². The second kappa shape index (κ2) is 5.06. The van der Waals surface area contributed by atoms with Gasteiger partial charge in [0.1, 0.15) is 5.60 Å². The maximum Gasteiger partial charge on any atom is 0.112 e. The summed E-state index contributed by atoms with van der Waals surface area (Å²) in [6.45, 7) is 10.5. The van der Waals surface area contributed by atoms with Crippen LogP contribution in [0.15, 0.2) is 48.5 Å². The average molecular weight is 268 g/mol. The van der Waals surface area contributed by atoms with Gasteiger partial charge in [0.2, 0.25) is 0 Å². The lowest BCUT2D eigenvalue weighted by molar-refractivity contribution is 0.102. The summed E-state index contributed by atoms with van der Waals surface area (Å²) in [7, 11) is 0. The molecule has 0 aromatic heterocycles. The molecule has 0 amide bonds. The van der Waals surface area contributed by atoms with E-state index in [0.29, 0.717) is 0 Å². The summed E-state index contributed by atoms with van der Waals surface area (Å²) in [5, 5.41) is 10.8. The van der Waals surface area contributed by atoms with E-state index in [1.807, 2.05) is 43.3 Å². The fraction of sp³-hybridized carbons (Fsp3) is 0.368. The van der Waals surface area contributed by atoms with Crippen molar-refractivity contribution in [1.29, 1.82) is 0 Å². The molecule has 0 radical (unpaired) electrons. The van der Waals surface area contributed by atoms with E-state index < -0.39 is 5.60 Å². The van der Waals surface area contributed by atoms with Gasteiger partial charge in [0.25, 0.3) is 0 Å². The van der Waals surface area contributed by atoms with Crippen LogP contribution in [0.25, 0.3) is 0 Å². The van der Waals surface area contributed by atoms with Crippen LogP contribution in [-0.2, 0) is 11.0 Å². The molecule has 0 aliphatic rings. The average Bonchev–Trinajstić information content (AvgIpc) is 2.38. The summed E-state index contributed by atoms with van der Waals surface area (Å²) >= 11 is 0. The van der Waals surface area contributed by atoms with Gasteiger partial charge in [-0.05, 0) is 36.0 Å². The minimum atomic E-state index is -0.954. The van der Waals surface area contributed by atoms with E-state index in [1.54, 1.807) is 0 Å². The van der Waals surface area contributed by atoms with Crippen molar-refractivity contribution >= 4 is 0 Å². The number of hydrogen-bond donors (Lipinski definition) is 1. The molecule has 1 N–H and O–H groups in total. The molecule has 2 aromatic carbocycles. The van der Waals surface area contributed by atoms with E-state index >= 15 is 0 Å². The first-order valence-corrected chi connectivity index (χ1v) is 7.12. The minimum absolute atomic E-state index is 0.133. The van der Waals surface area contributed by atoms with E-state index in [0.717, 1.165) is 11.1 Å². The quantitative estimate of drug-likeness (QED) is 0.847. The van der Waals surface area contributed by atoms with Crippen LogP contribution in [0.1, 0.15) is 49.9 Å². The van der Waals surface area contributed by atoms with Gasteiger partial charge in [-0.1, -0.05) is 74.9 Å². The normalized spacial score (nSPS) is 14.9.